The third-order valence-corrected chi connectivity index (χ3v) is 3.94. The summed E-state index contributed by atoms with van der Waals surface area (Å²) in [6.07, 6.45) is 2.29. The molecule has 1 saturated carbocycles. The maximum atomic E-state index is 9.31. The molecular weight excluding hydrogens is 246 g/mol. The molecule has 1 aromatic carbocycles. The normalized spacial score (nSPS) is 29.9. The van der Waals surface area contributed by atoms with Crippen LogP contribution in [0.5, 0.6) is 11.5 Å². The Labute approximate surface area is 111 Å². The van der Waals surface area contributed by atoms with Crippen LogP contribution in [-0.2, 0) is 4.74 Å². The highest BCUT2D eigenvalue weighted by Gasteiger charge is 2.42. The Balaban J connectivity index is 1.62. The van der Waals surface area contributed by atoms with Crippen LogP contribution in [0.3, 0.4) is 0 Å². The largest absolute Gasteiger partial charge is 0.454 e. The zero-order valence-corrected chi connectivity index (χ0v) is 10.6. The van der Waals surface area contributed by atoms with Crippen molar-refractivity contribution in [3.05, 3.63) is 23.8 Å². The summed E-state index contributed by atoms with van der Waals surface area (Å²) in [7, 11) is 0. The van der Waals surface area contributed by atoms with Crippen molar-refractivity contribution in [2.24, 2.45) is 0 Å². The Hall–Kier alpha value is -1.30. The van der Waals surface area contributed by atoms with Crippen LogP contribution >= 0.6 is 0 Å². The van der Waals surface area contributed by atoms with Crippen molar-refractivity contribution in [2.75, 3.05) is 19.9 Å². The number of rotatable bonds is 3. The predicted octanol–water partition coefficient (Wildman–Crippen LogP) is 1.27. The monoisotopic (exact) mass is 263 g/mol. The van der Waals surface area contributed by atoms with E-state index in [1.165, 1.54) is 12.8 Å². The van der Waals surface area contributed by atoms with Crippen LogP contribution in [0.25, 0.3) is 0 Å². The van der Waals surface area contributed by atoms with Crippen molar-refractivity contribution in [1.82, 2.24) is 4.90 Å². The summed E-state index contributed by atoms with van der Waals surface area (Å²) in [5, 5.41) is 9.31. The van der Waals surface area contributed by atoms with E-state index in [0.29, 0.717) is 6.04 Å². The molecular formula is C14H17NO4. The van der Waals surface area contributed by atoms with Crippen LogP contribution in [0.2, 0.25) is 0 Å². The molecule has 0 spiro atoms. The van der Waals surface area contributed by atoms with Gasteiger partial charge in [0.05, 0.1) is 12.7 Å². The van der Waals surface area contributed by atoms with Crippen LogP contribution in [0.15, 0.2) is 18.2 Å². The number of ether oxygens (including phenoxy) is 3. The minimum Gasteiger partial charge on any atom is -0.454 e. The highest BCUT2D eigenvalue weighted by atomic mass is 16.7. The minimum absolute atomic E-state index is 0.0702. The summed E-state index contributed by atoms with van der Waals surface area (Å²) < 4.78 is 16.7. The van der Waals surface area contributed by atoms with E-state index in [2.05, 4.69) is 4.90 Å². The Morgan fingerprint density at radius 3 is 2.84 bits per heavy atom. The van der Waals surface area contributed by atoms with Gasteiger partial charge in [0.25, 0.3) is 0 Å². The highest BCUT2D eigenvalue weighted by Crippen LogP contribution is 2.42. The van der Waals surface area contributed by atoms with Crippen molar-refractivity contribution in [3.63, 3.8) is 0 Å². The van der Waals surface area contributed by atoms with Gasteiger partial charge in [-0.25, -0.2) is 0 Å². The molecule has 3 aliphatic rings. The van der Waals surface area contributed by atoms with Gasteiger partial charge in [-0.2, -0.15) is 0 Å². The number of fused-ring (bicyclic) bond motifs is 1. The van der Waals surface area contributed by atoms with Gasteiger partial charge in [0, 0.05) is 12.6 Å². The van der Waals surface area contributed by atoms with Crippen molar-refractivity contribution in [1.29, 1.82) is 0 Å². The van der Waals surface area contributed by atoms with Gasteiger partial charge in [-0.05, 0) is 30.5 Å². The van der Waals surface area contributed by atoms with Crippen molar-refractivity contribution in [2.45, 2.75) is 31.2 Å². The van der Waals surface area contributed by atoms with Crippen LogP contribution in [-0.4, -0.2) is 42.1 Å². The van der Waals surface area contributed by atoms with Crippen LogP contribution in [0, 0.1) is 0 Å². The zero-order chi connectivity index (χ0) is 12.8. The summed E-state index contributed by atoms with van der Waals surface area (Å²) in [6, 6.07) is 6.54. The summed E-state index contributed by atoms with van der Waals surface area (Å²) in [5.41, 5.74) is 1.08. The molecule has 102 valence electrons. The standard InChI is InChI=1S/C14H17NO4/c16-7-11-6-15(10-2-3-10)14(19-11)9-1-4-12-13(5-9)18-8-17-12/h1,4-5,10-11,14,16H,2-3,6-8H2. The molecule has 4 rings (SSSR count). The molecule has 5 nitrogen and oxygen atoms in total. The lowest BCUT2D eigenvalue weighted by molar-refractivity contribution is -0.0217. The molecule has 1 N–H and O–H groups in total. The summed E-state index contributed by atoms with van der Waals surface area (Å²) >= 11 is 0. The Morgan fingerprint density at radius 1 is 1.21 bits per heavy atom. The SMILES string of the molecule is OCC1CN(C2CC2)C(c2ccc3c(c2)OCO3)O1. The van der Waals surface area contributed by atoms with Gasteiger partial charge in [-0.1, -0.05) is 6.07 Å². The van der Waals surface area contributed by atoms with E-state index in [1.807, 2.05) is 18.2 Å². The lowest BCUT2D eigenvalue weighted by Gasteiger charge is -2.22. The molecule has 0 radical (unpaired) electrons. The second kappa shape index (κ2) is 4.37. The minimum atomic E-state index is -0.0870. The molecule has 0 bridgehead atoms. The number of nitrogens with zero attached hydrogens (tertiary/aromatic N) is 1. The quantitative estimate of drug-likeness (QED) is 0.890. The fraction of sp³-hybridized carbons (Fsp3) is 0.571. The molecule has 1 aromatic rings. The summed E-state index contributed by atoms with van der Waals surface area (Å²) in [6.45, 7) is 1.17. The summed E-state index contributed by atoms with van der Waals surface area (Å²) in [5.74, 6) is 1.57. The van der Waals surface area contributed by atoms with E-state index in [4.69, 9.17) is 14.2 Å². The van der Waals surface area contributed by atoms with Gasteiger partial charge >= 0.3 is 0 Å². The molecule has 0 amide bonds. The molecule has 2 atom stereocenters. The Morgan fingerprint density at radius 2 is 2.05 bits per heavy atom. The van der Waals surface area contributed by atoms with Crippen LogP contribution in [0.4, 0.5) is 0 Å². The predicted molar refractivity (Wildman–Crippen MR) is 67.0 cm³/mol. The average molecular weight is 263 g/mol. The summed E-state index contributed by atoms with van der Waals surface area (Å²) in [4.78, 5) is 2.35. The van der Waals surface area contributed by atoms with Gasteiger partial charge in [-0.15, -0.1) is 0 Å². The number of benzene rings is 1. The van der Waals surface area contributed by atoms with E-state index < -0.39 is 0 Å². The van der Waals surface area contributed by atoms with E-state index in [0.717, 1.165) is 23.6 Å². The third kappa shape index (κ3) is 1.98. The van der Waals surface area contributed by atoms with Gasteiger partial charge in [-0.3, -0.25) is 4.90 Å². The number of aliphatic hydroxyl groups is 1. The number of hydrogen-bond acceptors (Lipinski definition) is 5. The van der Waals surface area contributed by atoms with Gasteiger partial charge < -0.3 is 19.3 Å². The highest BCUT2D eigenvalue weighted by molar-refractivity contribution is 5.45. The fourth-order valence-corrected chi connectivity index (χ4v) is 2.82. The zero-order valence-electron chi connectivity index (χ0n) is 10.6. The van der Waals surface area contributed by atoms with Gasteiger partial charge in [0.2, 0.25) is 6.79 Å². The topological polar surface area (TPSA) is 51.2 Å². The molecule has 1 saturated heterocycles. The molecule has 5 heteroatoms. The Kier molecular flexibility index (Phi) is 2.65. The maximum Gasteiger partial charge on any atom is 0.231 e. The molecule has 0 aromatic heterocycles. The van der Waals surface area contributed by atoms with Gasteiger partial charge in [0.15, 0.2) is 11.5 Å². The van der Waals surface area contributed by atoms with Crippen LogP contribution in [0.1, 0.15) is 24.6 Å². The maximum absolute atomic E-state index is 9.31. The molecule has 2 fully saturated rings. The smallest absolute Gasteiger partial charge is 0.231 e. The number of aliphatic hydroxyl groups excluding tert-OH is 1. The molecule has 2 unspecified atom stereocenters. The first-order valence-corrected chi connectivity index (χ1v) is 6.77. The van der Waals surface area contributed by atoms with E-state index in [9.17, 15) is 5.11 Å². The molecule has 19 heavy (non-hydrogen) atoms. The first-order chi connectivity index (χ1) is 9.35. The molecule has 1 aliphatic carbocycles. The van der Waals surface area contributed by atoms with Crippen molar-refractivity contribution in [3.8, 4) is 11.5 Å². The van der Waals surface area contributed by atoms with E-state index in [1.54, 1.807) is 0 Å². The first kappa shape index (κ1) is 11.5. The first-order valence-electron chi connectivity index (χ1n) is 6.77. The second-order valence-electron chi connectivity index (χ2n) is 5.33. The lowest BCUT2D eigenvalue weighted by atomic mass is 10.1. The van der Waals surface area contributed by atoms with Crippen molar-refractivity contribution < 1.29 is 19.3 Å². The second-order valence-corrected chi connectivity index (χ2v) is 5.33. The third-order valence-electron chi connectivity index (χ3n) is 3.94. The molecule has 2 aliphatic heterocycles. The van der Waals surface area contributed by atoms with Gasteiger partial charge in [0.1, 0.15) is 6.23 Å². The average Bonchev–Trinajstić information content (AvgIpc) is 3.03. The molecule has 2 heterocycles. The fourth-order valence-electron chi connectivity index (χ4n) is 2.82. The number of hydrogen-bond donors (Lipinski definition) is 1. The Bertz CT molecular complexity index is 488. The van der Waals surface area contributed by atoms with Crippen LogP contribution < -0.4 is 9.47 Å². The van der Waals surface area contributed by atoms with Crippen molar-refractivity contribution >= 4 is 0 Å². The van der Waals surface area contributed by atoms with E-state index in [-0.39, 0.29) is 25.7 Å². The van der Waals surface area contributed by atoms with E-state index >= 15 is 0 Å². The lowest BCUT2D eigenvalue weighted by Crippen LogP contribution is -2.27.